The molecular formula is C24H23F2NO4. The molecule has 7 heteroatoms. The molecule has 2 aromatic rings. The first-order valence-electron chi connectivity index (χ1n) is 9.96. The maximum atomic E-state index is 14.7. The maximum Gasteiger partial charge on any atom is 0.336 e. The summed E-state index contributed by atoms with van der Waals surface area (Å²) in [7, 11) is 0. The molecule has 1 heterocycles. The van der Waals surface area contributed by atoms with Crippen LogP contribution in [0.3, 0.4) is 0 Å². The predicted molar refractivity (Wildman–Crippen MR) is 111 cm³/mol. The lowest BCUT2D eigenvalue weighted by molar-refractivity contribution is -0.139. The number of halogens is 2. The summed E-state index contributed by atoms with van der Waals surface area (Å²) >= 11 is 0. The predicted octanol–water partition coefficient (Wildman–Crippen LogP) is 4.46. The number of rotatable bonds is 7. The van der Waals surface area contributed by atoms with Crippen LogP contribution in [0, 0.1) is 11.6 Å². The van der Waals surface area contributed by atoms with Crippen LogP contribution < -0.4 is 0 Å². The quantitative estimate of drug-likeness (QED) is 0.611. The molecule has 0 unspecified atom stereocenters. The Morgan fingerprint density at radius 1 is 0.871 bits per heavy atom. The summed E-state index contributed by atoms with van der Waals surface area (Å²) in [6, 6.07) is 11.8. The van der Waals surface area contributed by atoms with Gasteiger partial charge in [-0.25, -0.2) is 18.4 Å². The molecule has 31 heavy (non-hydrogen) atoms. The number of carbonyl (C=O) groups is 2. The molecule has 0 saturated heterocycles. The lowest BCUT2D eigenvalue weighted by atomic mass is 9.83. The summed E-state index contributed by atoms with van der Waals surface area (Å²) in [5.41, 5.74) is 1.14. The van der Waals surface area contributed by atoms with Gasteiger partial charge in [-0.3, -0.25) is 0 Å². The zero-order valence-electron chi connectivity index (χ0n) is 17.3. The fraction of sp³-hybridized carbons (Fsp3) is 0.250. The fourth-order valence-electron chi connectivity index (χ4n) is 3.42. The molecule has 5 nitrogen and oxygen atoms in total. The van der Waals surface area contributed by atoms with E-state index < -0.39 is 23.7 Å². The van der Waals surface area contributed by atoms with Crippen LogP contribution in [0.5, 0.6) is 0 Å². The zero-order valence-corrected chi connectivity index (χ0v) is 17.3. The van der Waals surface area contributed by atoms with Crippen LogP contribution in [0.25, 0.3) is 0 Å². The molecule has 2 aromatic carbocycles. The monoisotopic (exact) mass is 427 g/mol. The molecule has 0 spiro atoms. The second kappa shape index (κ2) is 10.0. The third kappa shape index (κ3) is 5.17. The summed E-state index contributed by atoms with van der Waals surface area (Å²) in [6.45, 7) is 3.83. The molecule has 162 valence electrons. The highest BCUT2D eigenvalue weighted by Crippen LogP contribution is 2.38. The molecule has 0 atom stereocenters. The van der Waals surface area contributed by atoms with Crippen LogP contribution in [-0.4, -0.2) is 30.1 Å². The molecule has 0 radical (unpaired) electrons. The van der Waals surface area contributed by atoms with Crippen molar-refractivity contribution in [2.45, 2.75) is 26.3 Å². The number of nitrogens with zero attached hydrogens (tertiary/aromatic N) is 1. The van der Waals surface area contributed by atoms with Gasteiger partial charge in [-0.15, -0.1) is 0 Å². The highest BCUT2D eigenvalue weighted by Gasteiger charge is 2.36. The van der Waals surface area contributed by atoms with Crippen LogP contribution in [0.1, 0.15) is 30.9 Å². The van der Waals surface area contributed by atoms with Gasteiger partial charge in [-0.2, -0.15) is 0 Å². The zero-order chi connectivity index (χ0) is 22.4. The van der Waals surface area contributed by atoms with Gasteiger partial charge >= 0.3 is 11.9 Å². The van der Waals surface area contributed by atoms with E-state index >= 15 is 0 Å². The van der Waals surface area contributed by atoms with E-state index in [-0.39, 0.29) is 42.3 Å². The molecule has 0 saturated carbocycles. The second-order valence-corrected chi connectivity index (χ2v) is 6.86. The largest absolute Gasteiger partial charge is 0.463 e. The first-order chi connectivity index (χ1) is 14.9. The van der Waals surface area contributed by atoms with Crippen molar-refractivity contribution in [2.24, 2.45) is 0 Å². The SMILES string of the molecule is CCOC(=O)C1=CN(Cc2ccc(F)cc2)C=C(C(=O)OCC)C1c1ccccc1F. The lowest BCUT2D eigenvalue weighted by Crippen LogP contribution is -2.29. The van der Waals surface area contributed by atoms with Crippen molar-refractivity contribution < 1.29 is 27.8 Å². The molecule has 0 N–H and O–H groups in total. The van der Waals surface area contributed by atoms with Gasteiger partial charge in [0.2, 0.25) is 0 Å². The van der Waals surface area contributed by atoms with E-state index in [1.54, 1.807) is 36.9 Å². The smallest absolute Gasteiger partial charge is 0.336 e. The van der Waals surface area contributed by atoms with E-state index in [0.717, 1.165) is 5.56 Å². The molecule has 1 aliphatic rings. The molecule has 0 aliphatic carbocycles. The van der Waals surface area contributed by atoms with Gasteiger partial charge in [0.25, 0.3) is 0 Å². The Morgan fingerprint density at radius 2 is 1.42 bits per heavy atom. The van der Waals surface area contributed by atoms with Crippen molar-refractivity contribution in [3.8, 4) is 0 Å². The number of esters is 2. The minimum absolute atomic E-state index is 0.111. The van der Waals surface area contributed by atoms with E-state index in [2.05, 4.69) is 0 Å². The van der Waals surface area contributed by atoms with Crippen molar-refractivity contribution in [3.05, 3.63) is 94.8 Å². The number of benzene rings is 2. The van der Waals surface area contributed by atoms with Crippen LogP contribution in [0.15, 0.2) is 72.1 Å². The van der Waals surface area contributed by atoms with Crippen molar-refractivity contribution >= 4 is 11.9 Å². The third-order valence-electron chi connectivity index (χ3n) is 4.75. The van der Waals surface area contributed by atoms with Gasteiger partial charge in [-0.1, -0.05) is 30.3 Å². The maximum absolute atomic E-state index is 14.7. The number of hydrogen-bond donors (Lipinski definition) is 0. The van der Waals surface area contributed by atoms with Gasteiger partial charge < -0.3 is 14.4 Å². The van der Waals surface area contributed by atoms with Gasteiger partial charge in [0.15, 0.2) is 0 Å². The molecule has 0 amide bonds. The van der Waals surface area contributed by atoms with Crippen LogP contribution in [0.2, 0.25) is 0 Å². The van der Waals surface area contributed by atoms with Gasteiger partial charge in [0.1, 0.15) is 11.6 Å². The molecule has 3 rings (SSSR count). The van der Waals surface area contributed by atoms with E-state index in [0.29, 0.717) is 0 Å². The second-order valence-electron chi connectivity index (χ2n) is 6.86. The van der Waals surface area contributed by atoms with E-state index in [9.17, 15) is 18.4 Å². The highest BCUT2D eigenvalue weighted by atomic mass is 19.1. The Labute approximate surface area is 179 Å². The topological polar surface area (TPSA) is 55.8 Å². The summed E-state index contributed by atoms with van der Waals surface area (Å²) in [4.78, 5) is 27.2. The lowest BCUT2D eigenvalue weighted by Gasteiger charge is -2.30. The first-order valence-corrected chi connectivity index (χ1v) is 9.96. The van der Waals surface area contributed by atoms with Crippen molar-refractivity contribution in [1.82, 2.24) is 4.90 Å². The molecule has 0 aromatic heterocycles. The Hall–Kier alpha value is -3.48. The molecule has 0 bridgehead atoms. The minimum atomic E-state index is -0.983. The van der Waals surface area contributed by atoms with E-state index in [1.807, 2.05) is 0 Å². The Bertz CT molecular complexity index is 978. The van der Waals surface area contributed by atoms with Crippen molar-refractivity contribution in [3.63, 3.8) is 0 Å². The summed E-state index contributed by atoms with van der Waals surface area (Å²) in [6.07, 6.45) is 3.06. The molecule has 1 aliphatic heterocycles. The van der Waals surface area contributed by atoms with Crippen LogP contribution in [0.4, 0.5) is 8.78 Å². The van der Waals surface area contributed by atoms with Gasteiger partial charge in [-0.05, 0) is 37.6 Å². The van der Waals surface area contributed by atoms with Gasteiger partial charge in [0.05, 0.1) is 30.3 Å². The van der Waals surface area contributed by atoms with Crippen LogP contribution >= 0.6 is 0 Å². The van der Waals surface area contributed by atoms with Crippen molar-refractivity contribution in [1.29, 1.82) is 0 Å². The summed E-state index contributed by atoms with van der Waals surface area (Å²) < 4.78 is 38.3. The van der Waals surface area contributed by atoms with Crippen molar-refractivity contribution in [2.75, 3.05) is 13.2 Å². The fourth-order valence-corrected chi connectivity index (χ4v) is 3.42. The Kier molecular flexibility index (Phi) is 7.18. The number of ether oxygens (including phenoxy) is 2. The normalized spacial score (nSPS) is 14.0. The summed E-state index contributed by atoms with van der Waals surface area (Å²) in [5, 5.41) is 0. The molecular weight excluding hydrogens is 404 g/mol. The van der Waals surface area contributed by atoms with E-state index in [1.165, 1.54) is 42.7 Å². The average molecular weight is 427 g/mol. The average Bonchev–Trinajstić information content (AvgIpc) is 2.76. The summed E-state index contributed by atoms with van der Waals surface area (Å²) in [5.74, 6) is -3.22. The van der Waals surface area contributed by atoms with Crippen LogP contribution in [-0.2, 0) is 25.6 Å². The minimum Gasteiger partial charge on any atom is -0.463 e. The Balaban J connectivity index is 2.09. The number of hydrogen-bond acceptors (Lipinski definition) is 5. The highest BCUT2D eigenvalue weighted by molar-refractivity contribution is 5.98. The standard InChI is InChI=1S/C24H23F2NO4/c1-3-30-23(28)19-14-27(13-16-9-11-17(25)12-10-16)15-20(24(29)31-4-2)22(19)18-7-5-6-8-21(18)26/h5-12,14-15,22H,3-4,13H2,1-2H3. The molecule has 0 fully saturated rings. The van der Waals surface area contributed by atoms with E-state index in [4.69, 9.17) is 9.47 Å². The number of carbonyl (C=O) groups excluding carboxylic acids is 2. The first kappa shape index (κ1) is 22.2. The third-order valence-corrected chi connectivity index (χ3v) is 4.75. The Morgan fingerprint density at radius 3 is 1.94 bits per heavy atom. The van der Waals surface area contributed by atoms with Gasteiger partial charge in [0, 0.05) is 24.5 Å².